The van der Waals surface area contributed by atoms with Gasteiger partial charge in [-0.3, -0.25) is 9.97 Å². The number of aryl methyl sites for hydroxylation is 1. The van der Waals surface area contributed by atoms with Crippen molar-refractivity contribution in [2.75, 3.05) is 0 Å². The van der Waals surface area contributed by atoms with Gasteiger partial charge in [-0.1, -0.05) is 6.07 Å². The molecule has 21 heavy (non-hydrogen) atoms. The number of pyridine rings is 2. The third kappa shape index (κ3) is 4.52. The standard InChI is InChI=1S/C16H21N3OS/c1-12-9-14(7-8-17-12)15-6-5-13(10-18-15)11-19-21(20)16(2,3)4/h5-10,19H,11H2,1-4H3. The maximum atomic E-state index is 11.9. The minimum atomic E-state index is -1.07. The van der Waals surface area contributed by atoms with Crippen LogP contribution in [0.3, 0.4) is 0 Å². The second-order valence-corrected chi connectivity index (χ2v) is 7.99. The summed E-state index contributed by atoms with van der Waals surface area (Å²) >= 11 is -1.07. The predicted octanol–water partition coefficient (Wildman–Crippen LogP) is 3.00. The highest BCUT2D eigenvalue weighted by Crippen LogP contribution is 2.18. The Morgan fingerprint density at radius 1 is 1.19 bits per heavy atom. The first kappa shape index (κ1) is 15.9. The summed E-state index contributed by atoms with van der Waals surface area (Å²) in [4.78, 5) is 8.65. The lowest BCUT2D eigenvalue weighted by Crippen LogP contribution is -2.38. The molecule has 1 atom stereocenters. The second kappa shape index (κ2) is 6.56. The van der Waals surface area contributed by atoms with Crippen LogP contribution in [0.4, 0.5) is 0 Å². The number of nitrogens with one attached hydrogen (secondary N) is 1. The van der Waals surface area contributed by atoms with Crippen LogP contribution >= 0.6 is 0 Å². The minimum absolute atomic E-state index is 0.262. The van der Waals surface area contributed by atoms with E-state index in [1.54, 1.807) is 6.20 Å². The Morgan fingerprint density at radius 3 is 2.52 bits per heavy atom. The van der Waals surface area contributed by atoms with Crippen molar-refractivity contribution in [2.24, 2.45) is 0 Å². The largest absolute Gasteiger partial charge is 0.598 e. The fourth-order valence-electron chi connectivity index (χ4n) is 1.77. The van der Waals surface area contributed by atoms with E-state index >= 15 is 0 Å². The molecule has 2 heterocycles. The molecule has 5 heteroatoms. The molecule has 0 saturated carbocycles. The van der Waals surface area contributed by atoms with Crippen molar-refractivity contribution in [3.05, 3.63) is 47.9 Å². The Balaban J connectivity index is 2.03. The molecule has 2 rings (SSSR count). The normalized spacial score (nSPS) is 13.2. The number of rotatable bonds is 4. The SMILES string of the molecule is Cc1cc(-c2ccc(CN[S+]([O-])C(C)(C)C)cn2)ccn1. The van der Waals surface area contributed by atoms with E-state index in [0.29, 0.717) is 6.54 Å². The molecule has 4 nitrogen and oxygen atoms in total. The van der Waals surface area contributed by atoms with Crippen LogP contribution < -0.4 is 4.72 Å². The molecule has 0 radical (unpaired) electrons. The molecule has 0 amide bonds. The van der Waals surface area contributed by atoms with Gasteiger partial charge in [0.15, 0.2) is 0 Å². The molecular formula is C16H21N3OS. The third-order valence-corrected chi connectivity index (χ3v) is 4.50. The zero-order chi connectivity index (χ0) is 15.5. The van der Waals surface area contributed by atoms with Crippen molar-refractivity contribution in [3.63, 3.8) is 0 Å². The minimum Gasteiger partial charge on any atom is -0.598 e. The lowest BCUT2D eigenvalue weighted by atomic mass is 10.1. The Labute approximate surface area is 129 Å². The molecule has 0 aliphatic heterocycles. The van der Waals surface area contributed by atoms with Crippen molar-refractivity contribution in [1.82, 2.24) is 14.7 Å². The third-order valence-electron chi connectivity index (χ3n) is 2.98. The summed E-state index contributed by atoms with van der Waals surface area (Å²) in [6.07, 6.45) is 3.60. The van der Waals surface area contributed by atoms with Crippen LogP contribution in [0, 0.1) is 6.92 Å². The summed E-state index contributed by atoms with van der Waals surface area (Å²) in [5.41, 5.74) is 3.96. The Kier molecular flexibility index (Phi) is 4.98. The summed E-state index contributed by atoms with van der Waals surface area (Å²) in [6.45, 7) is 8.35. The van der Waals surface area contributed by atoms with Crippen molar-refractivity contribution in [3.8, 4) is 11.3 Å². The lowest BCUT2D eigenvalue weighted by molar-refractivity contribution is 0.544. The summed E-state index contributed by atoms with van der Waals surface area (Å²) < 4.78 is 14.7. The van der Waals surface area contributed by atoms with Crippen molar-refractivity contribution in [1.29, 1.82) is 0 Å². The van der Waals surface area contributed by atoms with Crippen LogP contribution in [0.15, 0.2) is 36.7 Å². The molecule has 2 aromatic rings. The molecule has 1 N–H and O–H groups in total. The average molecular weight is 303 g/mol. The number of aromatic nitrogens is 2. The number of hydrogen-bond donors (Lipinski definition) is 1. The second-order valence-electron chi connectivity index (χ2n) is 5.94. The highest BCUT2D eigenvalue weighted by atomic mass is 32.2. The predicted molar refractivity (Wildman–Crippen MR) is 86.9 cm³/mol. The van der Waals surface area contributed by atoms with Gasteiger partial charge < -0.3 is 4.55 Å². The van der Waals surface area contributed by atoms with Gasteiger partial charge in [0.05, 0.1) is 12.2 Å². The number of hydrogen-bond acceptors (Lipinski definition) is 4. The molecular weight excluding hydrogens is 282 g/mol. The molecule has 0 aliphatic carbocycles. The van der Waals surface area contributed by atoms with Gasteiger partial charge in [-0.25, -0.2) is 0 Å². The zero-order valence-corrected chi connectivity index (χ0v) is 13.7. The quantitative estimate of drug-likeness (QED) is 0.882. The molecule has 0 spiro atoms. The maximum absolute atomic E-state index is 11.9. The fourth-order valence-corrected chi connectivity index (χ4v) is 2.50. The summed E-state index contributed by atoms with van der Waals surface area (Å²) in [6, 6.07) is 7.94. The van der Waals surface area contributed by atoms with E-state index in [-0.39, 0.29) is 4.75 Å². The first-order chi connectivity index (χ1) is 9.86. The molecule has 1 unspecified atom stereocenters. The Hall–Kier alpha value is -1.43. The molecule has 0 aromatic carbocycles. The van der Waals surface area contributed by atoms with Crippen molar-refractivity contribution >= 4 is 11.4 Å². The monoisotopic (exact) mass is 303 g/mol. The van der Waals surface area contributed by atoms with Gasteiger partial charge in [0.25, 0.3) is 0 Å². The highest BCUT2D eigenvalue weighted by Gasteiger charge is 2.25. The van der Waals surface area contributed by atoms with Gasteiger partial charge in [0, 0.05) is 35.0 Å². The Bertz CT molecular complexity index is 593. The maximum Gasteiger partial charge on any atom is 0.136 e. The van der Waals surface area contributed by atoms with E-state index in [1.165, 1.54) is 0 Å². The van der Waals surface area contributed by atoms with E-state index in [1.807, 2.05) is 58.2 Å². The zero-order valence-electron chi connectivity index (χ0n) is 12.9. The van der Waals surface area contributed by atoms with Crippen LogP contribution in [0.2, 0.25) is 0 Å². The van der Waals surface area contributed by atoms with Gasteiger partial charge in [-0.05, 0) is 51.5 Å². The molecule has 0 saturated heterocycles. The molecule has 112 valence electrons. The average Bonchev–Trinajstić information content (AvgIpc) is 2.44. The summed E-state index contributed by atoms with van der Waals surface area (Å²) in [5.74, 6) is 0. The molecule has 0 fully saturated rings. The molecule has 0 aliphatic rings. The molecule has 2 aromatic heterocycles. The van der Waals surface area contributed by atoms with Gasteiger partial charge in [0.2, 0.25) is 0 Å². The van der Waals surface area contributed by atoms with E-state index in [9.17, 15) is 4.55 Å². The van der Waals surface area contributed by atoms with Gasteiger partial charge >= 0.3 is 0 Å². The van der Waals surface area contributed by atoms with Crippen LogP contribution in [0.1, 0.15) is 32.0 Å². The van der Waals surface area contributed by atoms with Crippen molar-refractivity contribution < 1.29 is 4.55 Å². The van der Waals surface area contributed by atoms with E-state index in [4.69, 9.17) is 0 Å². The first-order valence-corrected chi connectivity index (χ1v) is 8.04. The first-order valence-electron chi connectivity index (χ1n) is 6.89. The lowest BCUT2D eigenvalue weighted by Gasteiger charge is -2.23. The van der Waals surface area contributed by atoms with E-state index < -0.39 is 11.4 Å². The van der Waals surface area contributed by atoms with Gasteiger partial charge in [-0.2, -0.15) is 0 Å². The molecule has 0 bridgehead atoms. The van der Waals surface area contributed by atoms with E-state index in [2.05, 4.69) is 14.7 Å². The summed E-state index contributed by atoms with van der Waals surface area (Å²) in [7, 11) is 0. The Morgan fingerprint density at radius 2 is 1.95 bits per heavy atom. The highest BCUT2D eigenvalue weighted by molar-refractivity contribution is 7.90. The van der Waals surface area contributed by atoms with Gasteiger partial charge in [0.1, 0.15) is 4.75 Å². The van der Waals surface area contributed by atoms with Gasteiger partial charge in [-0.15, -0.1) is 4.72 Å². The topological polar surface area (TPSA) is 60.9 Å². The van der Waals surface area contributed by atoms with Crippen molar-refractivity contribution in [2.45, 2.75) is 39.0 Å². The number of nitrogens with zero attached hydrogens (tertiary/aromatic N) is 2. The van der Waals surface area contributed by atoms with Crippen LogP contribution in [0.25, 0.3) is 11.3 Å². The summed E-state index contributed by atoms with van der Waals surface area (Å²) in [5, 5.41) is 0. The fraction of sp³-hybridized carbons (Fsp3) is 0.375. The van der Waals surface area contributed by atoms with E-state index in [0.717, 1.165) is 22.5 Å². The smallest absolute Gasteiger partial charge is 0.136 e. The van der Waals surface area contributed by atoms with Crippen LogP contribution in [-0.4, -0.2) is 19.3 Å². The van der Waals surface area contributed by atoms with Crippen LogP contribution in [-0.2, 0) is 17.9 Å². The van der Waals surface area contributed by atoms with Crippen LogP contribution in [0.5, 0.6) is 0 Å².